The summed E-state index contributed by atoms with van der Waals surface area (Å²) in [5, 5.41) is 6.04. The molecule has 0 saturated heterocycles. The molecule has 0 spiro atoms. The van der Waals surface area contributed by atoms with Gasteiger partial charge in [0.15, 0.2) is 0 Å². The zero-order chi connectivity index (χ0) is 12.4. The first kappa shape index (κ1) is 15.2. The molecule has 1 aliphatic carbocycles. The molecule has 0 radical (unpaired) electrons. The number of rotatable bonds is 2. The summed E-state index contributed by atoms with van der Waals surface area (Å²) >= 11 is 5.59. The van der Waals surface area contributed by atoms with E-state index >= 15 is 0 Å². The van der Waals surface area contributed by atoms with Gasteiger partial charge in [-0.2, -0.15) is 5.43 Å². The average Bonchev–Trinajstić information content (AvgIpc) is 2.94. The van der Waals surface area contributed by atoms with E-state index in [1.807, 2.05) is 53.7 Å². The number of aliphatic imine (C=N–C) groups is 1. The molecule has 3 nitrogen and oxygen atoms in total. The first-order valence-electron chi connectivity index (χ1n) is 6.13. The molecular weight excluding hydrogens is 390 g/mol. The van der Waals surface area contributed by atoms with Gasteiger partial charge in [0.25, 0.3) is 5.17 Å². The van der Waals surface area contributed by atoms with Gasteiger partial charge in [0.2, 0.25) is 0 Å². The molecule has 2 N–H and O–H groups in total. The largest absolute Gasteiger partial charge is 1.00 e. The second-order valence-corrected chi connectivity index (χ2v) is 6.90. The van der Waals surface area contributed by atoms with Crippen LogP contribution in [0.15, 0.2) is 40.4 Å². The Balaban J connectivity index is 0.00000133. The zero-order valence-corrected chi connectivity index (χ0v) is 14.2. The third-order valence-electron chi connectivity index (χ3n) is 3.23. The Bertz CT molecular complexity index is 478. The first-order chi connectivity index (χ1) is 8.83. The lowest BCUT2D eigenvalue weighted by atomic mass is 10.2. The maximum absolute atomic E-state index is 4.71. The lowest BCUT2D eigenvalue weighted by molar-refractivity contribution is -0.539. The highest BCUT2D eigenvalue weighted by Crippen LogP contribution is 2.40. The normalized spacial score (nSPS) is 29.1. The molecule has 1 fully saturated rings. The van der Waals surface area contributed by atoms with Crippen molar-refractivity contribution in [2.24, 2.45) is 10.1 Å². The fourth-order valence-corrected chi connectivity index (χ4v) is 4.49. The molecule has 6 heteroatoms. The van der Waals surface area contributed by atoms with E-state index < -0.39 is 0 Å². The zero-order valence-electron chi connectivity index (χ0n) is 10.2. The molecule has 19 heavy (non-hydrogen) atoms. The van der Waals surface area contributed by atoms with Crippen LogP contribution in [-0.4, -0.2) is 27.5 Å². The molecule has 1 aliphatic heterocycles. The highest BCUT2D eigenvalue weighted by atomic mass is 79.9. The van der Waals surface area contributed by atoms with Crippen LogP contribution >= 0.6 is 27.7 Å². The Kier molecular flexibility index (Phi) is 5.62. The molecular formula is C13H15Br2N3S. The standard InChI is InChI=1S/C13H14BrN3S.BrH/c14-10-6-7-11-12(10)18-13(16-11)17-15-8-9-4-2-1-3-5-9;/h1-5,8,10-12H,6-7H2,(H,16,17);1H. The van der Waals surface area contributed by atoms with Gasteiger partial charge in [0, 0.05) is 4.83 Å². The number of fused-ring (bicyclic) bond motifs is 1. The quantitative estimate of drug-likeness (QED) is 0.291. The van der Waals surface area contributed by atoms with E-state index in [1.165, 1.54) is 12.8 Å². The predicted molar refractivity (Wildman–Crippen MR) is 80.5 cm³/mol. The minimum atomic E-state index is 0. The van der Waals surface area contributed by atoms with E-state index in [2.05, 4.69) is 21.0 Å². The van der Waals surface area contributed by atoms with Crippen LogP contribution in [0.25, 0.3) is 0 Å². The van der Waals surface area contributed by atoms with Crippen LogP contribution < -0.4 is 22.4 Å². The lowest BCUT2D eigenvalue weighted by Gasteiger charge is -2.07. The van der Waals surface area contributed by atoms with Crippen LogP contribution in [0.1, 0.15) is 18.4 Å². The third-order valence-corrected chi connectivity index (χ3v) is 5.98. The van der Waals surface area contributed by atoms with Crippen molar-refractivity contribution in [2.45, 2.75) is 29.0 Å². The van der Waals surface area contributed by atoms with Crippen LogP contribution in [0, 0.1) is 0 Å². The molecule has 102 valence electrons. The highest BCUT2D eigenvalue weighted by Gasteiger charge is 2.42. The van der Waals surface area contributed by atoms with Crippen LogP contribution in [0.5, 0.6) is 0 Å². The number of nitrogens with zero attached hydrogens (tertiary/aromatic N) is 2. The van der Waals surface area contributed by atoms with Gasteiger partial charge < -0.3 is 17.0 Å². The van der Waals surface area contributed by atoms with Crippen molar-refractivity contribution in [1.29, 1.82) is 0 Å². The minimum Gasteiger partial charge on any atom is -1.00 e. The van der Waals surface area contributed by atoms with Crippen molar-refractivity contribution >= 4 is 39.1 Å². The maximum Gasteiger partial charge on any atom is 0.283 e. The number of hydrogen-bond donors (Lipinski definition) is 1. The first-order valence-corrected chi connectivity index (χ1v) is 7.92. The second kappa shape index (κ2) is 7.02. The van der Waals surface area contributed by atoms with Crippen LogP contribution in [0.4, 0.5) is 0 Å². The second-order valence-electron chi connectivity index (χ2n) is 4.53. The molecule has 0 bridgehead atoms. The minimum absolute atomic E-state index is 0. The van der Waals surface area contributed by atoms with Crippen molar-refractivity contribution in [3.8, 4) is 0 Å². The van der Waals surface area contributed by atoms with Gasteiger partial charge in [0.1, 0.15) is 0 Å². The maximum atomic E-state index is 4.71. The Hall–Kier alpha value is -0.170. The Labute approximate surface area is 136 Å². The number of hydrogen-bond acceptors (Lipinski definition) is 3. The molecule has 0 aromatic heterocycles. The Morgan fingerprint density at radius 3 is 2.84 bits per heavy atom. The molecule has 1 saturated carbocycles. The van der Waals surface area contributed by atoms with Gasteiger partial charge in [-0.15, -0.1) is 0 Å². The van der Waals surface area contributed by atoms with Crippen molar-refractivity contribution in [3.63, 3.8) is 0 Å². The average molecular weight is 405 g/mol. The molecule has 3 atom stereocenters. The third kappa shape index (κ3) is 3.68. The number of amidine groups is 1. The summed E-state index contributed by atoms with van der Waals surface area (Å²) in [5.74, 6) is 0. The van der Waals surface area contributed by atoms with Gasteiger partial charge >= 0.3 is 0 Å². The van der Waals surface area contributed by atoms with Gasteiger partial charge in [-0.05, 0) is 30.2 Å². The number of benzene rings is 1. The Morgan fingerprint density at radius 2 is 2.11 bits per heavy atom. The van der Waals surface area contributed by atoms with E-state index in [4.69, 9.17) is 4.99 Å². The summed E-state index contributed by atoms with van der Waals surface area (Å²) in [5.41, 5.74) is 3.01. The van der Waals surface area contributed by atoms with Gasteiger partial charge in [-0.3, -0.25) is 0 Å². The van der Waals surface area contributed by atoms with Gasteiger partial charge in [0.05, 0.1) is 17.5 Å². The summed E-state index contributed by atoms with van der Waals surface area (Å²) < 4.78 is 0. The summed E-state index contributed by atoms with van der Waals surface area (Å²) in [4.78, 5) is 5.32. The summed E-state index contributed by atoms with van der Waals surface area (Å²) in [6, 6.07) is 10.6. The molecule has 0 amide bonds. The van der Waals surface area contributed by atoms with Crippen LogP contribution in [0.2, 0.25) is 0 Å². The highest BCUT2D eigenvalue weighted by molar-refractivity contribution is 9.09. The van der Waals surface area contributed by atoms with E-state index in [-0.39, 0.29) is 17.0 Å². The van der Waals surface area contributed by atoms with Crippen molar-refractivity contribution in [3.05, 3.63) is 35.9 Å². The van der Waals surface area contributed by atoms with Crippen molar-refractivity contribution in [1.82, 2.24) is 0 Å². The summed E-state index contributed by atoms with van der Waals surface area (Å²) in [6.07, 6.45) is 4.32. The van der Waals surface area contributed by atoms with E-state index in [9.17, 15) is 0 Å². The number of halogens is 2. The number of quaternary nitrogens is 1. The smallest absolute Gasteiger partial charge is 0.283 e. The Morgan fingerprint density at radius 1 is 1.32 bits per heavy atom. The molecule has 3 rings (SSSR count). The van der Waals surface area contributed by atoms with Gasteiger partial charge in [-0.1, -0.05) is 51.4 Å². The molecule has 3 unspecified atom stereocenters. The van der Waals surface area contributed by atoms with Crippen molar-refractivity contribution in [2.75, 3.05) is 0 Å². The van der Waals surface area contributed by atoms with E-state index in [1.54, 1.807) is 0 Å². The summed E-state index contributed by atoms with van der Waals surface area (Å²) in [6.45, 7) is 0. The van der Waals surface area contributed by atoms with Crippen LogP contribution in [0.3, 0.4) is 0 Å². The van der Waals surface area contributed by atoms with E-state index in [0.717, 1.165) is 10.7 Å². The number of thioether (sulfide) groups is 1. The monoisotopic (exact) mass is 403 g/mol. The summed E-state index contributed by atoms with van der Waals surface area (Å²) in [7, 11) is 0. The fourth-order valence-electron chi connectivity index (χ4n) is 2.31. The van der Waals surface area contributed by atoms with Gasteiger partial charge in [-0.25, -0.2) is 4.99 Å². The number of alkyl halides is 1. The molecule has 1 heterocycles. The predicted octanol–water partition coefficient (Wildman–Crippen LogP) is -1.01. The fraction of sp³-hybridized carbons (Fsp3) is 0.385. The lowest BCUT2D eigenvalue weighted by Crippen LogP contribution is -3.00. The molecule has 2 aliphatic rings. The molecule has 1 aromatic rings. The number of nitrogens with two attached hydrogens (primary N) is 1. The SMILES string of the molecule is BrC1CCC2N=C([NH2+]N=Cc3ccccc3)SC12.[Br-]. The molecule has 1 aromatic carbocycles. The van der Waals surface area contributed by atoms with Crippen molar-refractivity contribution < 1.29 is 22.4 Å². The van der Waals surface area contributed by atoms with E-state index in [0.29, 0.717) is 16.1 Å². The topological polar surface area (TPSA) is 41.3 Å². The van der Waals surface area contributed by atoms with Crippen LogP contribution in [-0.2, 0) is 0 Å².